The molecule has 0 heterocycles. The van der Waals surface area contributed by atoms with Crippen LogP contribution in [0.1, 0.15) is 0 Å². The first kappa shape index (κ1) is 9.30. The van der Waals surface area contributed by atoms with Crippen LogP contribution in [0.3, 0.4) is 0 Å². The topological polar surface area (TPSA) is 126 Å². The molecule has 1 radical (unpaired) electrons. The van der Waals surface area contributed by atoms with Crippen LogP contribution in [0.4, 0.5) is 0 Å². The van der Waals surface area contributed by atoms with Crippen molar-refractivity contribution in [3.63, 3.8) is 0 Å². The summed E-state index contributed by atoms with van der Waals surface area (Å²) in [6.07, 6.45) is 0. The molecule has 8 heteroatoms. The quantitative estimate of drug-likeness (QED) is 0.405. The highest BCUT2D eigenvalue weighted by Crippen LogP contribution is 2.45. The average Bonchev–Trinajstić information content (AvgIpc) is 1.14. The third kappa shape index (κ3) is 8.30. The highest BCUT2D eigenvalue weighted by atomic mass is 31.2. The van der Waals surface area contributed by atoms with Crippen molar-refractivity contribution in [1.82, 2.24) is 0 Å². The molecule has 0 rings (SSSR count). The molecule has 0 aromatic rings. The van der Waals surface area contributed by atoms with Gasteiger partial charge in [0.15, 0.2) is 0 Å². The molecule has 0 N–H and O–H groups in total. The van der Waals surface area contributed by atoms with Gasteiger partial charge >= 0.3 is 0 Å². The van der Waals surface area contributed by atoms with Gasteiger partial charge in [-0.15, -0.1) is 0 Å². The van der Waals surface area contributed by atoms with Gasteiger partial charge in [-0.2, -0.15) is 0 Å². The van der Waals surface area contributed by atoms with Crippen LogP contribution < -0.4 is 19.6 Å². The van der Waals surface area contributed by atoms with Crippen LogP contribution in [0.25, 0.3) is 0 Å². The Morgan fingerprint density at radius 2 is 1.11 bits per heavy atom. The predicted octanol–water partition coefficient (Wildman–Crippen LogP) is -3.07. The van der Waals surface area contributed by atoms with Gasteiger partial charge < -0.3 is 28.7 Å². The van der Waals surface area contributed by atoms with Crippen molar-refractivity contribution in [2.75, 3.05) is 0 Å². The standard InChI is InChI=1S/CH5O6P2/c2-8(3,4)1-9(5,6)7/h1H,(H2,2,3,4)(H2,5,6,7)/p-4. The zero-order valence-electron chi connectivity index (χ0n) is 3.92. The monoisotopic (exact) mass is 171 g/mol. The first-order chi connectivity index (χ1) is 3.71. The molecule has 0 fully saturated rings. The SMILES string of the molecule is O=P([O-])([O-])[CH]P(=O)([O-])[O-]. The fourth-order valence-corrected chi connectivity index (χ4v) is 1.56. The summed E-state index contributed by atoms with van der Waals surface area (Å²) in [5.41, 5.74) is 0. The van der Waals surface area contributed by atoms with Crippen molar-refractivity contribution in [3.05, 3.63) is 5.90 Å². The maximum Gasteiger partial charge on any atom is 0.0264 e. The van der Waals surface area contributed by atoms with Gasteiger partial charge in [0, 0.05) is 5.90 Å². The third-order valence-electron chi connectivity index (χ3n) is 0.283. The molecule has 0 amide bonds. The van der Waals surface area contributed by atoms with Crippen molar-refractivity contribution in [2.45, 2.75) is 0 Å². The minimum Gasteiger partial charge on any atom is -0.810 e. The molecule has 0 saturated heterocycles. The van der Waals surface area contributed by atoms with Crippen LogP contribution in [-0.4, -0.2) is 0 Å². The molecule has 6 nitrogen and oxygen atoms in total. The van der Waals surface area contributed by atoms with Gasteiger partial charge in [0.25, 0.3) is 0 Å². The summed E-state index contributed by atoms with van der Waals surface area (Å²) < 4.78 is 19.0. The Bertz CT molecular complexity index is 151. The number of rotatable bonds is 2. The first-order valence-electron chi connectivity index (χ1n) is 1.61. The molecule has 0 aromatic carbocycles. The van der Waals surface area contributed by atoms with Gasteiger partial charge in [0.05, 0.1) is 0 Å². The van der Waals surface area contributed by atoms with Gasteiger partial charge in [0.1, 0.15) is 0 Å². The fraction of sp³-hybridized carbons (Fsp3) is 0. The Morgan fingerprint density at radius 3 is 1.11 bits per heavy atom. The van der Waals surface area contributed by atoms with Gasteiger partial charge in [-0.3, -0.25) is 0 Å². The van der Waals surface area contributed by atoms with Crippen LogP contribution in [0, 0.1) is 5.90 Å². The molecule has 9 heavy (non-hydrogen) atoms. The second-order valence-electron chi connectivity index (χ2n) is 1.20. The zero-order chi connectivity index (χ0) is 7.71. The van der Waals surface area contributed by atoms with Crippen LogP contribution in [0.15, 0.2) is 0 Å². The molecule has 0 aliphatic heterocycles. The zero-order valence-corrected chi connectivity index (χ0v) is 5.71. The maximum absolute atomic E-state index is 9.49. The highest BCUT2D eigenvalue weighted by Gasteiger charge is 1.94. The Hall–Kier alpha value is 0.300. The molecule has 0 aromatic heterocycles. The lowest BCUT2D eigenvalue weighted by Crippen LogP contribution is -2.21. The van der Waals surface area contributed by atoms with E-state index in [9.17, 15) is 28.7 Å². The summed E-state index contributed by atoms with van der Waals surface area (Å²) in [6.45, 7) is 0. The summed E-state index contributed by atoms with van der Waals surface area (Å²) in [5, 5.41) is 0. The van der Waals surface area contributed by atoms with Gasteiger partial charge in [0.2, 0.25) is 0 Å². The normalized spacial score (nSPS) is 13.8. The van der Waals surface area contributed by atoms with E-state index in [2.05, 4.69) is 0 Å². The van der Waals surface area contributed by atoms with Crippen LogP contribution in [0.2, 0.25) is 0 Å². The van der Waals surface area contributed by atoms with E-state index >= 15 is 0 Å². The van der Waals surface area contributed by atoms with E-state index in [-0.39, 0.29) is 0 Å². The Kier molecular flexibility index (Phi) is 2.58. The van der Waals surface area contributed by atoms with E-state index in [0.717, 1.165) is 0 Å². The average molecular weight is 171 g/mol. The van der Waals surface area contributed by atoms with E-state index in [4.69, 9.17) is 0 Å². The van der Waals surface area contributed by atoms with E-state index in [1.165, 1.54) is 0 Å². The van der Waals surface area contributed by atoms with Crippen LogP contribution in [0.5, 0.6) is 0 Å². The van der Waals surface area contributed by atoms with E-state index < -0.39 is 21.1 Å². The minimum absolute atomic E-state index is 0.736. The molecular weight excluding hydrogens is 170 g/mol. The molecule has 0 aliphatic carbocycles. The Balaban J connectivity index is 4.07. The van der Waals surface area contributed by atoms with Gasteiger partial charge in [-0.1, -0.05) is 15.2 Å². The minimum atomic E-state index is -5.30. The smallest absolute Gasteiger partial charge is 0.0264 e. The lowest BCUT2D eigenvalue weighted by molar-refractivity contribution is -0.320. The summed E-state index contributed by atoms with van der Waals surface area (Å²) >= 11 is 0. The molecule has 0 saturated carbocycles. The number of hydrogen-bond acceptors (Lipinski definition) is 6. The highest BCUT2D eigenvalue weighted by molar-refractivity contribution is 7.70. The summed E-state index contributed by atoms with van der Waals surface area (Å²) in [5.74, 6) is -0.736. The van der Waals surface area contributed by atoms with E-state index in [1.54, 1.807) is 0 Å². The lowest BCUT2D eigenvalue weighted by Gasteiger charge is -2.39. The maximum atomic E-state index is 9.49. The molecule has 55 valence electrons. The van der Waals surface area contributed by atoms with Crippen LogP contribution >= 0.6 is 15.2 Å². The van der Waals surface area contributed by atoms with E-state index in [0.29, 0.717) is 0 Å². The van der Waals surface area contributed by atoms with Crippen molar-refractivity contribution in [3.8, 4) is 0 Å². The first-order valence-corrected chi connectivity index (χ1v) is 4.84. The largest absolute Gasteiger partial charge is 0.810 e. The van der Waals surface area contributed by atoms with Crippen LogP contribution in [-0.2, 0) is 9.13 Å². The van der Waals surface area contributed by atoms with Crippen molar-refractivity contribution in [1.29, 1.82) is 0 Å². The molecular formula is CHO6P2-4. The second-order valence-corrected chi connectivity index (χ2v) is 4.28. The molecule has 0 bridgehead atoms. The van der Waals surface area contributed by atoms with Crippen molar-refractivity contribution < 1.29 is 28.7 Å². The predicted molar refractivity (Wildman–Crippen MR) is 19.5 cm³/mol. The summed E-state index contributed by atoms with van der Waals surface area (Å²) in [7, 11) is -10.6. The summed E-state index contributed by atoms with van der Waals surface area (Å²) in [4.78, 5) is 38.0. The van der Waals surface area contributed by atoms with Crippen molar-refractivity contribution >= 4 is 15.2 Å². The fourth-order valence-electron chi connectivity index (χ4n) is 0.173. The van der Waals surface area contributed by atoms with Gasteiger partial charge in [-0.05, 0) is 0 Å². The van der Waals surface area contributed by atoms with Crippen molar-refractivity contribution in [2.24, 2.45) is 0 Å². The molecule has 0 aliphatic rings. The summed E-state index contributed by atoms with van der Waals surface area (Å²) in [6, 6.07) is 0. The molecule has 0 unspecified atom stereocenters. The lowest BCUT2D eigenvalue weighted by atomic mass is 11.9. The van der Waals surface area contributed by atoms with E-state index in [1.807, 2.05) is 0 Å². The Labute approximate surface area is 50.8 Å². The second kappa shape index (κ2) is 2.50. The molecule has 0 atom stereocenters. The third-order valence-corrected chi connectivity index (χ3v) is 2.55. The van der Waals surface area contributed by atoms with Gasteiger partial charge in [-0.25, -0.2) is 0 Å². The number of hydrogen-bond donors (Lipinski definition) is 0. The molecule has 0 spiro atoms. The Morgan fingerprint density at radius 1 is 0.889 bits per heavy atom.